The second kappa shape index (κ2) is 5.49. The number of nitrogens with zero attached hydrogens (tertiary/aromatic N) is 1. The zero-order chi connectivity index (χ0) is 14.2. The van der Waals surface area contributed by atoms with Crippen molar-refractivity contribution in [2.45, 2.75) is 44.2 Å². The van der Waals surface area contributed by atoms with Crippen LogP contribution in [0.1, 0.15) is 37.9 Å². The molecule has 0 saturated carbocycles. The van der Waals surface area contributed by atoms with Gasteiger partial charge in [-0.3, -0.25) is 0 Å². The molecule has 0 saturated heterocycles. The first kappa shape index (κ1) is 14.9. The molecule has 1 atom stereocenters. The molecule has 0 spiro atoms. The summed E-state index contributed by atoms with van der Waals surface area (Å²) >= 11 is 6.04. The number of hydrogen-bond acceptors (Lipinski definition) is 2. The molecule has 1 aromatic carbocycles. The second-order valence-electron chi connectivity index (χ2n) is 5.65. The van der Waals surface area contributed by atoms with Gasteiger partial charge in [0.15, 0.2) is 0 Å². The van der Waals surface area contributed by atoms with E-state index >= 15 is 0 Å². The number of hydrogen-bond donors (Lipinski definition) is 0. The van der Waals surface area contributed by atoms with E-state index < -0.39 is 5.60 Å². The Kier molecular flexibility index (Phi) is 4.31. The SMILES string of the molecule is CC(C)(C)OC(=O)N1Cc2cc(Br)ccc2C1C[As]. The standard InChI is InChI=1S/C14H17AsBrNO2/c1-14(2,3)19-13(18)17-8-9-6-10(16)4-5-11(9)12(17)7-15/h4-6,12H,7-8H2,1-3H3. The average Bonchev–Trinajstić information content (AvgIpc) is 2.64. The van der Waals surface area contributed by atoms with Gasteiger partial charge in [-0.1, -0.05) is 0 Å². The number of benzene rings is 1. The fourth-order valence-corrected chi connectivity index (χ4v) is 3.44. The van der Waals surface area contributed by atoms with Crippen LogP contribution in [0.5, 0.6) is 0 Å². The van der Waals surface area contributed by atoms with Crippen LogP contribution in [0.2, 0.25) is 5.21 Å². The fourth-order valence-electron chi connectivity index (χ4n) is 2.21. The summed E-state index contributed by atoms with van der Waals surface area (Å²) in [4.78, 5) is 14.1. The van der Waals surface area contributed by atoms with E-state index in [9.17, 15) is 4.79 Å². The van der Waals surface area contributed by atoms with Gasteiger partial charge < -0.3 is 0 Å². The van der Waals surface area contributed by atoms with Gasteiger partial charge in [-0.05, 0) is 0 Å². The molecule has 1 aromatic rings. The Bertz CT molecular complexity index is 499. The van der Waals surface area contributed by atoms with E-state index in [4.69, 9.17) is 4.74 Å². The molecule has 0 aliphatic carbocycles. The number of carbonyl (C=O) groups is 1. The Balaban J connectivity index is 2.24. The predicted octanol–water partition coefficient (Wildman–Crippen LogP) is 3.83. The van der Waals surface area contributed by atoms with Crippen molar-refractivity contribution in [1.29, 1.82) is 0 Å². The third kappa shape index (κ3) is 3.35. The van der Waals surface area contributed by atoms with Crippen LogP contribution in [0.25, 0.3) is 0 Å². The van der Waals surface area contributed by atoms with Crippen molar-refractivity contribution in [1.82, 2.24) is 4.90 Å². The van der Waals surface area contributed by atoms with Gasteiger partial charge in [0, 0.05) is 0 Å². The van der Waals surface area contributed by atoms with Crippen molar-refractivity contribution in [2.75, 3.05) is 0 Å². The van der Waals surface area contributed by atoms with Crippen molar-refractivity contribution in [3.05, 3.63) is 33.8 Å². The van der Waals surface area contributed by atoms with Gasteiger partial charge in [-0.2, -0.15) is 0 Å². The molecule has 0 bridgehead atoms. The van der Waals surface area contributed by atoms with Gasteiger partial charge in [0.25, 0.3) is 0 Å². The first-order valence-electron chi connectivity index (χ1n) is 6.20. The number of halogens is 1. The third-order valence-corrected chi connectivity index (χ3v) is 4.20. The van der Waals surface area contributed by atoms with Crippen LogP contribution in [0, 0.1) is 0 Å². The van der Waals surface area contributed by atoms with Gasteiger partial charge in [0.2, 0.25) is 0 Å². The molecular weight excluding hydrogens is 369 g/mol. The average molecular weight is 386 g/mol. The van der Waals surface area contributed by atoms with Crippen LogP contribution in [0.3, 0.4) is 0 Å². The fraction of sp³-hybridized carbons (Fsp3) is 0.500. The molecule has 0 aromatic heterocycles. The molecule has 5 heteroatoms. The maximum atomic E-state index is 12.3. The van der Waals surface area contributed by atoms with Crippen LogP contribution in [-0.4, -0.2) is 33.4 Å². The summed E-state index contributed by atoms with van der Waals surface area (Å²) in [5, 5.41) is 0.834. The topological polar surface area (TPSA) is 29.5 Å². The molecule has 3 nitrogen and oxygen atoms in total. The molecule has 2 radical (unpaired) electrons. The number of rotatable bonds is 1. The van der Waals surface area contributed by atoms with E-state index in [-0.39, 0.29) is 12.1 Å². The van der Waals surface area contributed by atoms with Crippen molar-refractivity contribution in [2.24, 2.45) is 0 Å². The minimum atomic E-state index is -0.459. The molecule has 1 amide bonds. The monoisotopic (exact) mass is 385 g/mol. The zero-order valence-electron chi connectivity index (χ0n) is 11.3. The Morgan fingerprint density at radius 1 is 1.53 bits per heavy atom. The van der Waals surface area contributed by atoms with E-state index in [0.29, 0.717) is 6.54 Å². The van der Waals surface area contributed by atoms with Crippen LogP contribution < -0.4 is 0 Å². The zero-order valence-corrected chi connectivity index (χ0v) is 14.8. The molecule has 102 valence electrons. The molecule has 19 heavy (non-hydrogen) atoms. The van der Waals surface area contributed by atoms with Gasteiger partial charge in [0.1, 0.15) is 0 Å². The predicted molar refractivity (Wildman–Crippen MR) is 79.2 cm³/mol. The number of carbonyl (C=O) groups excluding carboxylic acids is 1. The quantitative estimate of drug-likeness (QED) is 0.687. The van der Waals surface area contributed by atoms with Gasteiger partial charge in [-0.15, -0.1) is 0 Å². The molecule has 0 fully saturated rings. The summed E-state index contributed by atoms with van der Waals surface area (Å²) in [6.45, 7) is 6.29. The van der Waals surface area contributed by atoms with Crippen LogP contribution >= 0.6 is 15.9 Å². The van der Waals surface area contributed by atoms with E-state index in [0.717, 1.165) is 9.68 Å². The minimum absolute atomic E-state index is 0.0953. The summed E-state index contributed by atoms with van der Waals surface area (Å²) in [5.74, 6) is 0. The van der Waals surface area contributed by atoms with Crippen LogP contribution in [0.4, 0.5) is 4.79 Å². The first-order chi connectivity index (χ1) is 8.81. The summed E-state index contributed by atoms with van der Waals surface area (Å²) in [6, 6.07) is 6.28. The third-order valence-electron chi connectivity index (χ3n) is 2.98. The maximum absolute atomic E-state index is 12.3. The number of fused-ring (bicyclic) bond motifs is 1. The normalized spacial score (nSPS) is 18.4. The summed E-state index contributed by atoms with van der Waals surface area (Å²) in [7, 11) is 0. The Hall–Kier alpha value is -0.472. The molecule has 1 aliphatic heterocycles. The Labute approximate surface area is 131 Å². The van der Waals surface area contributed by atoms with Crippen molar-refractivity contribution in [3.63, 3.8) is 0 Å². The number of amides is 1. The molecule has 2 rings (SSSR count). The van der Waals surface area contributed by atoms with E-state index in [1.807, 2.05) is 26.8 Å². The summed E-state index contributed by atoms with van der Waals surface area (Å²) in [6.07, 6.45) is -0.240. The Morgan fingerprint density at radius 3 is 2.79 bits per heavy atom. The summed E-state index contributed by atoms with van der Waals surface area (Å²) in [5.41, 5.74) is 1.95. The van der Waals surface area contributed by atoms with E-state index in [2.05, 4.69) is 44.9 Å². The first-order valence-corrected chi connectivity index (χ1v) is 8.32. The molecule has 1 heterocycles. The van der Waals surface area contributed by atoms with Crippen molar-refractivity contribution in [3.8, 4) is 0 Å². The van der Waals surface area contributed by atoms with Gasteiger partial charge in [-0.25, -0.2) is 0 Å². The molecule has 1 aliphatic rings. The van der Waals surface area contributed by atoms with E-state index in [1.165, 1.54) is 11.1 Å². The van der Waals surface area contributed by atoms with Crippen LogP contribution in [0.15, 0.2) is 22.7 Å². The van der Waals surface area contributed by atoms with Crippen molar-refractivity contribution < 1.29 is 9.53 Å². The second-order valence-corrected chi connectivity index (χ2v) is 7.33. The van der Waals surface area contributed by atoms with Crippen LogP contribution in [-0.2, 0) is 11.3 Å². The molecule has 0 N–H and O–H groups in total. The van der Waals surface area contributed by atoms with Crippen molar-refractivity contribution >= 4 is 38.9 Å². The molecular formula is C14H17AsBrNO2. The Morgan fingerprint density at radius 2 is 2.21 bits per heavy atom. The number of ether oxygens (including phenoxy) is 1. The van der Waals surface area contributed by atoms with E-state index in [1.54, 1.807) is 4.90 Å². The van der Waals surface area contributed by atoms with Gasteiger partial charge in [0.05, 0.1) is 0 Å². The van der Waals surface area contributed by atoms with Gasteiger partial charge >= 0.3 is 131 Å². The summed E-state index contributed by atoms with van der Waals surface area (Å²) < 4.78 is 6.53. The molecule has 1 unspecified atom stereocenters.